The number of rotatable bonds is 3. The van der Waals surface area contributed by atoms with Gasteiger partial charge in [-0.25, -0.2) is 0 Å². The van der Waals surface area contributed by atoms with Gasteiger partial charge in [-0.2, -0.15) is 0 Å². The van der Waals surface area contributed by atoms with Gasteiger partial charge in [0.25, 0.3) is 0 Å². The zero-order valence-electron chi connectivity index (χ0n) is 6.48. The van der Waals surface area contributed by atoms with E-state index in [1.165, 1.54) is 24.8 Å². The third kappa shape index (κ3) is 1.57. The van der Waals surface area contributed by atoms with E-state index in [-0.39, 0.29) is 0 Å². The van der Waals surface area contributed by atoms with Crippen LogP contribution in [0, 0.1) is 11.8 Å². The molecule has 0 spiro atoms. The molecule has 0 aliphatic heterocycles. The van der Waals surface area contributed by atoms with Crippen molar-refractivity contribution >= 4 is 0 Å². The molecular weight excluding hydrogens is 108 g/mol. The van der Waals surface area contributed by atoms with Gasteiger partial charge in [-0.05, 0) is 31.1 Å². The number of hydrogen-bond acceptors (Lipinski definition) is 0. The van der Waals surface area contributed by atoms with Gasteiger partial charge in [0, 0.05) is 0 Å². The minimum Gasteiger partial charge on any atom is -0.0993 e. The molecular formula is C9H16. The summed E-state index contributed by atoms with van der Waals surface area (Å²) in [7, 11) is 0. The van der Waals surface area contributed by atoms with Crippen LogP contribution in [-0.4, -0.2) is 0 Å². The van der Waals surface area contributed by atoms with E-state index in [0.29, 0.717) is 0 Å². The summed E-state index contributed by atoms with van der Waals surface area (Å²) in [6.07, 6.45) is 4.07. The van der Waals surface area contributed by atoms with Crippen LogP contribution in [0.25, 0.3) is 0 Å². The molecule has 0 aromatic rings. The molecule has 0 aromatic carbocycles. The smallest absolute Gasteiger partial charge is 0.0203 e. The maximum atomic E-state index is 4.09. The minimum atomic E-state index is 0.762. The molecule has 52 valence electrons. The molecule has 0 N–H and O–H groups in total. The Morgan fingerprint density at radius 3 is 2.56 bits per heavy atom. The largest absolute Gasteiger partial charge is 0.0993 e. The maximum Gasteiger partial charge on any atom is -0.0203 e. The van der Waals surface area contributed by atoms with Crippen LogP contribution >= 0.6 is 0 Å². The second-order valence-electron chi connectivity index (χ2n) is 3.16. The van der Waals surface area contributed by atoms with E-state index in [1.54, 1.807) is 0 Å². The molecule has 1 aliphatic rings. The molecule has 0 bridgehead atoms. The molecule has 0 heterocycles. The van der Waals surface area contributed by atoms with Crippen LogP contribution in [0.4, 0.5) is 0 Å². The highest BCUT2D eigenvalue weighted by Gasteiger charge is 2.26. The summed E-state index contributed by atoms with van der Waals surface area (Å²) in [5, 5.41) is 0. The molecule has 1 unspecified atom stereocenters. The van der Waals surface area contributed by atoms with Crippen LogP contribution in [0.5, 0.6) is 0 Å². The van der Waals surface area contributed by atoms with Crippen molar-refractivity contribution in [2.75, 3.05) is 0 Å². The third-order valence-electron chi connectivity index (χ3n) is 2.35. The fourth-order valence-electron chi connectivity index (χ4n) is 1.12. The first-order chi connectivity index (χ1) is 4.25. The first-order valence-corrected chi connectivity index (χ1v) is 3.94. The molecule has 0 aromatic heterocycles. The first kappa shape index (κ1) is 6.85. The molecule has 0 saturated heterocycles. The molecule has 1 saturated carbocycles. The van der Waals surface area contributed by atoms with E-state index in [4.69, 9.17) is 0 Å². The highest BCUT2D eigenvalue weighted by atomic mass is 14.3. The Morgan fingerprint density at radius 1 is 1.67 bits per heavy atom. The summed E-state index contributed by atoms with van der Waals surface area (Å²) in [5.41, 5.74) is 1.50. The van der Waals surface area contributed by atoms with Crippen molar-refractivity contribution in [2.24, 2.45) is 11.8 Å². The molecule has 1 atom stereocenters. The highest BCUT2D eigenvalue weighted by molar-refractivity contribution is 5.10. The SMILES string of the molecule is C=C(C(C)CC)C1CC1. The number of hydrogen-bond donors (Lipinski definition) is 0. The van der Waals surface area contributed by atoms with E-state index in [2.05, 4.69) is 20.4 Å². The predicted octanol–water partition coefficient (Wildman–Crippen LogP) is 3.00. The van der Waals surface area contributed by atoms with Crippen LogP contribution in [0.3, 0.4) is 0 Å². The Balaban J connectivity index is 2.31. The second-order valence-corrected chi connectivity index (χ2v) is 3.16. The van der Waals surface area contributed by atoms with Gasteiger partial charge in [0.15, 0.2) is 0 Å². The summed E-state index contributed by atoms with van der Waals surface area (Å²) in [4.78, 5) is 0. The Morgan fingerprint density at radius 2 is 2.22 bits per heavy atom. The summed E-state index contributed by atoms with van der Waals surface area (Å²) >= 11 is 0. The fourth-order valence-corrected chi connectivity index (χ4v) is 1.12. The van der Waals surface area contributed by atoms with Crippen LogP contribution < -0.4 is 0 Å². The Labute approximate surface area is 58.0 Å². The van der Waals surface area contributed by atoms with Gasteiger partial charge in [-0.1, -0.05) is 26.0 Å². The van der Waals surface area contributed by atoms with E-state index >= 15 is 0 Å². The second kappa shape index (κ2) is 2.55. The Kier molecular flexibility index (Phi) is 1.94. The van der Waals surface area contributed by atoms with Gasteiger partial charge in [0.05, 0.1) is 0 Å². The third-order valence-corrected chi connectivity index (χ3v) is 2.35. The van der Waals surface area contributed by atoms with Crippen molar-refractivity contribution in [1.82, 2.24) is 0 Å². The molecule has 0 amide bonds. The fraction of sp³-hybridized carbons (Fsp3) is 0.778. The van der Waals surface area contributed by atoms with Crippen LogP contribution in [-0.2, 0) is 0 Å². The van der Waals surface area contributed by atoms with Gasteiger partial charge >= 0.3 is 0 Å². The highest BCUT2D eigenvalue weighted by Crippen LogP contribution is 2.39. The summed E-state index contributed by atoms with van der Waals surface area (Å²) < 4.78 is 0. The number of allylic oxidation sites excluding steroid dienone is 1. The average molecular weight is 124 g/mol. The van der Waals surface area contributed by atoms with Gasteiger partial charge < -0.3 is 0 Å². The van der Waals surface area contributed by atoms with E-state index < -0.39 is 0 Å². The van der Waals surface area contributed by atoms with Crippen LogP contribution in [0.1, 0.15) is 33.1 Å². The van der Waals surface area contributed by atoms with Crippen molar-refractivity contribution in [3.05, 3.63) is 12.2 Å². The molecule has 0 radical (unpaired) electrons. The van der Waals surface area contributed by atoms with Crippen molar-refractivity contribution in [3.8, 4) is 0 Å². The van der Waals surface area contributed by atoms with Crippen LogP contribution in [0.15, 0.2) is 12.2 Å². The Bertz CT molecular complexity index is 109. The Hall–Kier alpha value is -0.260. The summed E-state index contributed by atoms with van der Waals surface area (Å²) in [6.45, 7) is 8.60. The molecule has 0 nitrogen and oxygen atoms in total. The van der Waals surface area contributed by atoms with E-state index in [1.807, 2.05) is 0 Å². The van der Waals surface area contributed by atoms with Crippen LogP contribution in [0.2, 0.25) is 0 Å². The molecule has 1 fully saturated rings. The molecule has 9 heavy (non-hydrogen) atoms. The minimum absolute atomic E-state index is 0.762. The monoisotopic (exact) mass is 124 g/mol. The van der Waals surface area contributed by atoms with Gasteiger partial charge in [0.2, 0.25) is 0 Å². The lowest BCUT2D eigenvalue weighted by molar-refractivity contribution is 0.619. The van der Waals surface area contributed by atoms with Gasteiger partial charge in [0.1, 0.15) is 0 Å². The lowest BCUT2D eigenvalue weighted by Gasteiger charge is -2.09. The summed E-state index contributed by atoms with van der Waals surface area (Å²) in [5.74, 6) is 1.66. The van der Waals surface area contributed by atoms with E-state index in [9.17, 15) is 0 Å². The first-order valence-electron chi connectivity index (χ1n) is 3.94. The lowest BCUT2D eigenvalue weighted by Crippen LogP contribution is -1.97. The van der Waals surface area contributed by atoms with Crippen molar-refractivity contribution < 1.29 is 0 Å². The quantitative estimate of drug-likeness (QED) is 0.507. The van der Waals surface area contributed by atoms with Crippen molar-refractivity contribution in [1.29, 1.82) is 0 Å². The van der Waals surface area contributed by atoms with E-state index in [0.717, 1.165) is 11.8 Å². The molecule has 0 heteroatoms. The predicted molar refractivity (Wildman–Crippen MR) is 41.3 cm³/mol. The summed E-state index contributed by atoms with van der Waals surface area (Å²) in [6, 6.07) is 0. The van der Waals surface area contributed by atoms with Crippen molar-refractivity contribution in [2.45, 2.75) is 33.1 Å². The lowest BCUT2D eigenvalue weighted by atomic mass is 9.96. The topological polar surface area (TPSA) is 0 Å². The van der Waals surface area contributed by atoms with Gasteiger partial charge in [-0.3, -0.25) is 0 Å². The van der Waals surface area contributed by atoms with Gasteiger partial charge in [-0.15, -0.1) is 0 Å². The zero-order valence-corrected chi connectivity index (χ0v) is 6.48. The standard InChI is InChI=1S/C9H16/c1-4-7(2)8(3)9-5-6-9/h7,9H,3-6H2,1-2H3. The average Bonchev–Trinajstić information content (AvgIpc) is 2.66. The molecule has 1 aliphatic carbocycles. The maximum absolute atomic E-state index is 4.09. The zero-order chi connectivity index (χ0) is 6.85. The van der Waals surface area contributed by atoms with Crippen molar-refractivity contribution in [3.63, 3.8) is 0 Å². The molecule has 1 rings (SSSR count). The normalized spacial score (nSPS) is 21.6.